The van der Waals surface area contributed by atoms with Crippen molar-refractivity contribution in [2.75, 3.05) is 0 Å². The number of unbranched alkanes of at least 4 members (excludes halogenated alkanes) is 1. The highest BCUT2D eigenvalue weighted by Gasteiger charge is 2.22. The number of aromatic nitrogens is 2. The number of fused-ring (bicyclic) bond motifs is 1. The summed E-state index contributed by atoms with van der Waals surface area (Å²) in [6.45, 7) is 8.27. The average Bonchev–Trinajstić information content (AvgIpc) is 2.96. The zero-order valence-electron chi connectivity index (χ0n) is 14.7. The van der Waals surface area contributed by atoms with Crippen LogP contribution in [0.4, 0.5) is 0 Å². The Balaban J connectivity index is 2.34. The van der Waals surface area contributed by atoms with Crippen molar-refractivity contribution < 1.29 is 0 Å². The summed E-state index contributed by atoms with van der Waals surface area (Å²) in [7, 11) is 0. The number of rotatable bonds is 4. The molecule has 0 saturated carbocycles. The maximum absolute atomic E-state index is 6.11. The zero-order chi connectivity index (χ0) is 17.7. The van der Waals surface area contributed by atoms with E-state index in [0.717, 1.165) is 35.0 Å². The van der Waals surface area contributed by atoms with Crippen molar-refractivity contribution >= 4 is 22.6 Å². The summed E-state index contributed by atoms with van der Waals surface area (Å²) in [5.41, 5.74) is 9.21. The van der Waals surface area contributed by atoms with Crippen LogP contribution in [-0.2, 0) is 5.41 Å². The molecule has 0 spiro atoms. The number of nitrogens with one attached hydrogen (secondary N) is 1. The molecule has 0 aliphatic heterocycles. The molecule has 0 unspecified atom stereocenters. The summed E-state index contributed by atoms with van der Waals surface area (Å²) in [6, 6.07) is 1.91. The number of halogens is 1. The van der Waals surface area contributed by atoms with Crippen LogP contribution >= 0.6 is 11.6 Å². The van der Waals surface area contributed by atoms with Crippen LogP contribution in [0.2, 0.25) is 5.02 Å². The Hall–Kier alpha value is -2.18. The smallest absolute Gasteiger partial charge is 0.137 e. The summed E-state index contributed by atoms with van der Waals surface area (Å²) in [6.07, 6.45) is 9.91. The first-order chi connectivity index (χ1) is 11.3. The van der Waals surface area contributed by atoms with Crippen LogP contribution in [0.15, 0.2) is 41.9 Å². The minimum atomic E-state index is -0.372. The largest absolute Gasteiger partial charge is 0.392 e. The molecule has 0 fully saturated rings. The molecular formula is C20H24ClN3. The van der Waals surface area contributed by atoms with Gasteiger partial charge in [-0.05, 0) is 50.3 Å². The van der Waals surface area contributed by atoms with Crippen molar-refractivity contribution in [1.82, 2.24) is 9.97 Å². The third kappa shape index (κ3) is 4.21. The van der Waals surface area contributed by atoms with Gasteiger partial charge in [0.2, 0.25) is 0 Å². The second kappa shape index (κ2) is 7.59. The van der Waals surface area contributed by atoms with Crippen LogP contribution in [0.5, 0.6) is 0 Å². The SMILES string of the molecule is CCC/C=C\C(C)=C(\N)C#CC(C)(C)c1c[nH]c2ncc(Cl)cc12. The summed E-state index contributed by atoms with van der Waals surface area (Å²) >= 11 is 6.08. The first-order valence-corrected chi connectivity index (χ1v) is 8.52. The molecule has 0 aromatic carbocycles. The third-order valence-electron chi connectivity index (χ3n) is 3.93. The second-order valence-electron chi connectivity index (χ2n) is 6.41. The van der Waals surface area contributed by atoms with Gasteiger partial charge in [0, 0.05) is 17.8 Å². The van der Waals surface area contributed by atoms with Crippen LogP contribution in [0.1, 0.15) is 46.1 Å². The van der Waals surface area contributed by atoms with Crippen molar-refractivity contribution in [2.45, 2.75) is 46.0 Å². The lowest BCUT2D eigenvalue weighted by Crippen LogP contribution is -2.14. The van der Waals surface area contributed by atoms with Crippen molar-refractivity contribution in [3.05, 3.63) is 52.5 Å². The topological polar surface area (TPSA) is 54.7 Å². The van der Waals surface area contributed by atoms with E-state index in [9.17, 15) is 0 Å². The van der Waals surface area contributed by atoms with Crippen LogP contribution in [0.3, 0.4) is 0 Å². The van der Waals surface area contributed by atoms with Crippen LogP contribution in [-0.4, -0.2) is 9.97 Å². The Kier molecular flexibility index (Phi) is 5.75. The Labute approximate surface area is 149 Å². The molecule has 3 nitrogen and oxygen atoms in total. The highest BCUT2D eigenvalue weighted by Crippen LogP contribution is 2.30. The number of hydrogen-bond acceptors (Lipinski definition) is 2. The van der Waals surface area contributed by atoms with Gasteiger partial charge < -0.3 is 10.7 Å². The maximum atomic E-state index is 6.11. The fourth-order valence-corrected chi connectivity index (χ4v) is 2.56. The lowest BCUT2D eigenvalue weighted by atomic mass is 9.85. The van der Waals surface area contributed by atoms with E-state index < -0.39 is 0 Å². The summed E-state index contributed by atoms with van der Waals surface area (Å²) in [5, 5.41) is 1.60. The minimum absolute atomic E-state index is 0.372. The Morgan fingerprint density at radius 3 is 2.92 bits per heavy atom. The van der Waals surface area contributed by atoms with E-state index in [1.165, 1.54) is 0 Å². The number of allylic oxidation sites excluding steroid dienone is 4. The van der Waals surface area contributed by atoms with Crippen LogP contribution in [0.25, 0.3) is 11.0 Å². The van der Waals surface area contributed by atoms with Gasteiger partial charge in [0.1, 0.15) is 5.65 Å². The van der Waals surface area contributed by atoms with Gasteiger partial charge in [0.05, 0.1) is 16.1 Å². The molecule has 126 valence electrons. The Morgan fingerprint density at radius 1 is 1.46 bits per heavy atom. The van der Waals surface area contributed by atoms with Gasteiger partial charge >= 0.3 is 0 Å². The average molecular weight is 342 g/mol. The van der Waals surface area contributed by atoms with E-state index in [1.807, 2.05) is 25.3 Å². The number of aromatic amines is 1. The van der Waals surface area contributed by atoms with Crippen LogP contribution in [0, 0.1) is 11.8 Å². The first-order valence-electron chi connectivity index (χ1n) is 8.14. The fourth-order valence-electron chi connectivity index (χ4n) is 2.40. The highest BCUT2D eigenvalue weighted by molar-refractivity contribution is 6.31. The first kappa shape index (κ1) is 18.2. The van der Waals surface area contributed by atoms with Gasteiger partial charge in [-0.2, -0.15) is 0 Å². The molecule has 0 radical (unpaired) electrons. The normalized spacial score (nSPS) is 13.0. The maximum Gasteiger partial charge on any atom is 0.137 e. The van der Waals surface area contributed by atoms with E-state index in [4.69, 9.17) is 17.3 Å². The molecule has 0 aliphatic rings. The molecule has 2 aromatic rings. The van der Waals surface area contributed by atoms with Gasteiger partial charge in [0.25, 0.3) is 0 Å². The van der Waals surface area contributed by atoms with Gasteiger partial charge in [-0.25, -0.2) is 4.98 Å². The molecule has 24 heavy (non-hydrogen) atoms. The Morgan fingerprint density at radius 2 is 2.21 bits per heavy atom. The van der Waals surface area contributed by atoms with Crippen molar-refractivity contribution in [3.63, 3.8) is 0 Å². The second-order valence-corrected chi connectivity index (χ2v) is 6.85. The summed E-state index contributed by atoms with van der Waals surface area (Å²) in [5.74, 6) is 6.39. The highest BCUT2D eigenvalue weighted by atomic mass is 35.5. The lowest BCUT2D eigenvalue weighted by Gasteiger charge is -2.16. The molecule has 0 aliphatic carbocycles. The fraction of sp³-hybridized carbons (Fsp3) is 0.350. The Bertz CT molecular complexity index is 845. The van der Waals surface area contributed by atoms with Gasteiger partial charge in [-0.1, -0.05) is 43.0 Å². The number of nitrogens with zero attached hydrogens (tertiary/aromatic N) is 1. The molecule has 3 N–H and O–H groups in total. The molecule has 0 atom stereocenters. The van der Waals surface area contributed by atoms with Gasteiger partial charge in [0.15, 0.2) is 0 Å². The molecule has 0 saturated heterocycles. The number of hydrogen-bond donors (Lipinski definition) is 2. The molecule has 2 heterocycles. The lowest BCUT2D eigenvalue weighted by molar-refractivity contribution is 0.705. The third-order valence-corrected chi connectivity index (χ3v) is 4.14. The van der Waals surface area contributed by atoms with Gasteiger partial charge in [-0.3, -0.25) is 0 Å². The number of pyridine rings is 1. The molecular weight excluding hydrogens is 318 g/mol. The van der Waals surface area contributed by atoms with E-state index in [1.54, 1.807) is 6.20 Å². The predicted molar refractivity (Wildman–Crippen MR) is 103 cm³/mol. The number of H-pyrrole nitrogens is 1. The van der Waals surface area contributed by atoms with E-state index in [0.29, 0.717) is 10.7 Å². The minimum Gasteiger partial charge on any atom is -0.392 e. The molecule has 0 amide bonds. The number of nitrogens with two attached hydrogens (primary N) is 1. The zero-order valence-corrected chi connectivity index (χ0v) is 15.5. The molecule has 2 aromatic heterocycles. The molecule has 2 rings (SSSR count). The predicted octanol–water partition coefficient (Wildman–Crippen LogP) is 5.09. The molecule has 4 heteroatoms. The van der Waals surface area contributed by atoms with Crippen molar-refractivity contribution in [2.24, 2.45) is 5.73 Å². The monoisotopic (exact) mass is 341 g/mol. The van der Waals surface area contributed by atoms with E-state index >= 15 is 0 Å². The standard InChI is InChI=1S/C20H24ClN3/c1-5-6-7-8-14(2)18(22)9-10-20(3,4)17-13-24-19-16(17)11-15(21)12-23-19/h7-8,11-13H,5-6,22H2,1-4H3,(H,23,24)/b8-7-,18-14+. The summed E-state index contributed by atoms with van der Waals surface area (Å²) < 4.78 is 0. The molecule has 0 bridgehead atoms. The quantitative estimate of drug-likeness (QED) is 0.601. The summed E-state index contributed by atoms with van der Waals surface area (Å²) in [4.78, 5) is 7.48. The van der Waals surface area contributed by atoms with Crippen LogP contribution < -0.4 is 5.73 Å². The van der Waals surface area contributed by atoms with E-state index in [-0.39, 0.29) is 5.41 Å². The van der Waals surface area contributed by atoms with E-state index in [2.05, 4.69) is 48.7 Å². The van der Waals surface area contributed by atoms with Gasteiger partial charge in [-0.15, -0.1) is 0 Å². The van der Waals surface area contributed by atoms with Crippen molar-refractivity contribution in [1.29, 1.82) is 0 Å². The van der Waals surface area contributed by atoms with Crippen molar-refractivity contribution in [3.8, 4) is 11.8 Å².